The third-order valence-corrected chi connectivity index (χ3v) is 5.12. The molecule has 0 unspecified atom stereocenters. The molecule has 1 N–H and O–H groups in total. The first-order valence-electron chi connectivity index (χ1n) is 10.0. The molecule has 160 valence electrons. The highest BCUT2D eigenvalue weighted by Crippen LogP contribution is 2.29. The van der Waals surface area contributed by atoms with Crippen LogP contribution in [0.25, 0.3) is 16.8 Å². The van der Waals surface area contributed by atoms with Gasteiger partial charge in [-0.05, 0) is 47.4 Å². The molecule has 4 nitrogen and oxygen atoms in total. The molecule has 0 saturated carbocycles. The molecule has 0 aliphatic heterocycles. The number of ether oxygens (including phenoxy) is 2. The van der Waals surface area contributed by atoms with Gasteiger partial charge < -0.3 is 14.6 Å². The van der Waals surface area contributed by atoms with Crippen molar-refractivity contribution in [1.29, 1.82) is 0 Å². The van der Waals surface area contributed by atoms with Crippen LogP contribution in [0.2, 0.25) is 0 Å². The number of benzene rings is 4. The Balaban J connectivity index is 1.55. The topological polar surface area (TPSA) is 55.8 Å². The maximum Gasteiger partial charge on any atom is 0.189 e. The van der Waals surface area contributed by atoms with Crippen LogP contribution in [0.15, 0.2) is 84.9 Å². The van der Waals surface area contributed by atoms with E-state index in [1.807, 2.05) is 30.3 Å². The largest absolute Gasteiger partial charge is 0.507 e. The molecule has 0 aromatic heterocycles. The number of phenols is 1. The number of para-hydroxylation sites is 1. The van der Waals surface area contributed by atoms with Gasteiger partial charge in [-0.25, -0.2) is 4.39 Å². The van der Waals surface area contributed by atoms with E-state index in [2.05, 4.69) is 0 Å². The SMILES string of the molecule is COc1ccc(C=CC(=O)c2ccc3ccccc3c2O)cc1COc1ccccc1F. The molecule has 32 heavy (non-hydrogen) atoms. The Bertz CT molecular complexity index is 1310. The summed E-state index contributed by atoms with van der Waals surface area (Å²) >= 11 is 0. The Hall–Kier alpha value is -4.12. The molecule has 0 radical (unpaired) electrons. The van der Waals surface area contributed by atoms with Crippen LogP contribution in [0.4, 0.5) is 4.39 Å². The zero-order valence-electron chi connectivity index (χ0n) is 17.4. The maximum absolute atomic E-state index is 13.8. The molecular formula is C27H21FO4. The van der Waals surface area contributed by atoms with E-state index >= 15 is 0 Å². The quantitative estimate of drug-likeness (QED) is 0.283. The minimum atomic E-state index is -0.441. The van der Waals surface area contributed by atoms with E-state index in [4.69, 9.17) is 9.47 Å². The lowest BCUT2D eigenvalue weighted by molar-refractivity contribution is 0.104. The Morgan fingerprint density at radius 3 is 2.56 bits per heavy atom. The van der Waals surface area contributed by atoms with E-state index in [9.17, 15) is 14.3 Å². The molecule has 4 aromatic carbocycles. The summed E-state index contributed by atoms with van der Waals surface area (Å²) in [6, 6.07) is 22.3. The standard InChI is InChI=1S/C27H21FO4/c1-31-25-15-11-18(16-20(25)17-32-26-9-5-4-8-23(26)28)10-14-24(29)22-13-12-19-6-2-3-7-21(19)27(22)30/h2-16,30H,17H2,1H3. The van der Waals surface area contributed by atoms with E-state index in [1.165, 1.54) is 12.1 Å². The summed E-state index contributed by atoms with van der Waals surface area (Å²) in [6.07, 6.45) is 3.07. The molecule has 0 heterocycles. The van der Waals surface area contributed by atoms with Gasteiger partial charge in [-0.1, -0.05) is 54.6 Å². The number of hydrogen-bond acceptors (Lipinski definition) is 4. The van der Waals surface area contributed by atoms with Crippen molar-refractivity contribution in [3.8, 4) is 17.2 Å². The van der Waals surface area contributed by atoms with Crippen LogP contribution in [0.1, 0.15) is 21.5 Å². The second-order valence-electron chi connectivity index (χ2n) is 7.17. The molecule has 5 heteroatoms. The summed E-state index contributed by atoms with van der Waals surface area (Å²) in [5.74, 6) is -0.0440. The molecular weight excluding hydrogens is 407 g/mol. The van der Waals surface area contributed by atoms with Crippen molar-refractivity contribution < 1.29 is 23.8 Å². The average Bonchev–Trinajstić information content (AvgIpc) is 2.82. The van der Waals surface area contributed by atoms with Gasteiger partial charge >= 0.3 is 0 Å². The van der Waals surface area contributed by atoms with Crippen LogP contribution in [0, 0.1) is 5.82 Å². The number of halogens is 1. The Morgan fingerprint density at radius 2 is 1.75 bits per heavy atom. The van der Waals surface area contributed by atoms with Crippen molar-refractivity contribution in [2.24, 2.45) is 0 Å². The number of methoxy groups -OCH3 is 1. The number of allylic oxidation sites excluding steroid dienone is 1. The van der Waals surface area contributed by atoms with Crippen LogP contribution >= 0.6 is 0 Å². The number of hydrogen-bond donors (Lipinski definition) is 1. The molecule has 0 amide bonds. The fourth-order valence-corrected chi connectivity index (χ4v) is 3.45. The smallest absolute Gasteiger partial charge is 0.189 e. The van der Waals surface area contributed by atoms with Crippen molar-refractivity contribution in [3.05, 3.63) is 107 Å². The van der Waals surface area contributed by atoms with Crippen LogP contribution in [-0.2, 0) is 6.61 Å². The number of carbonyl (C=O) groups is 1. The van der Waals surface area contributed by atoms with Crippen LogP contribution < -0.4 is 9.47 Å². The molecule has 4 aromatic rings. The Kier molecular flexibility index (Phi) is 6.17. The van der Waals surface area contributed by atoms with Gasteiger partial charge in [0.05, 0.1) is 12.7 Å². The lowest BCUT2D eigenvalue weighted by Gasteiger charge is -2.11. The van der Waals surface area contributed by atoms with Crippen molar-refractivity contribution in [2.75, 3.05) is 7.11 Å². The average molecular weight is 428 g/mol. The zero-order valence-corrected chi connectivity index (χ0v) is 17.4. The Morgan fingerprint density at radius 1 is 0.969 bits per heavy atom. The lowest BCUT2D eigenvalue weighted by atomic mass is 10.0. The molecule has 0 fully saturated rings. The van der Waals surface area contributed by atoms with Gasteiger partial charge in [-0.15, -0.1) is 0 Å². The minimum absolute atomic E-state index is 0.0357. The molecule has 0 bridgehead atoms. The van der Waals surface area contributed by atoms with Crippen molar-refractivity contribution in [1.82, 2.24) is 0 Å². The number of rotatable bonds is 7. The molecule has 0 aliphatic rings. The number of ketones is 1. The second kappa shape index (κ2) is 9.35. The molecule has 0 saturated heterocycles. The van der Waals surface area contributed by atoms with E-state index in [0.717, 1.165) is 10.9 Å². The van der Waals surface area contributed by atoms with Gasteiger partial charge in [0.15, 0.2) is 17.3 Å². The predicted octanol–water partition coefficient (Wildman–Crippen LogP) is 6.17. The fraction of sp³-hybridized carbons (Fsp3) is 0.0741. The number of phenolic OH excluding ortho intramolecular Hbond substituents is 1. The summed E-state index contributed by atoms with van der Waals surface area (Å²) in [7, 11) is 1.55. The number of carbonyl (C=O) groups excluding carboxylic acids is 1. The monoisotopic (exact) mass is 428 g/mol. The second-order valence-corrected chi connectivity index (χ2v) is 7.17. The Labute approximate surface area is 185 Å². The first kappa shape index (κ1) is 21.1. The maximum atomic E-state index is 13.8. The minimum Gasteiger partial charge on any atom is -0.507 e. The highest BCUT2D eigenvalue weighted by atomic mass is 19.1. The van der Waals surface area contributed by atoms with Gasteiger partial charge in [0.2, 0.25) is 0 Å². The van der Waals surface area contributed by atoms with Crippen molar-refractivity contribution in [2.45, 2.75) is 6.61 Å². The van der Waals surface area contributed by atoms with Gasteiger partial charge in [-0.3, -0.25) is 4.79 Å². The van der Waals surface area contributed by atoms with Gasteiger partial charge in [0, 0.05) is 10.9 Å². The van der Waals surface area contributed by atoms with E-state index in [0.29, 0.717) is 16.7 Å². The van der Waals surface area contributed by atoms with Gasteiger partial charge in [0.25, 0.3) is 0 Å². The van der Waals surface area contributed by atoms with E-state index in [-0.39, 0.29) is 29.5 Å². The molecule has 4 rings (SSSR count). The van der Waals surface area contributed by atoms with Crippen LogP contribution in [0.5, 0.6) is 17.2 Å². The zero-order chi connectivity index (χ0) is 22.5. The first-order valence-corrected chi connectivity index (χ1v) is 10.0. The molecule has 0 aliphatic carbocycles. The third-order valence-electron chi connectivity index (χ3n) is 5.12. The van der Waals surface area contributed by atoms with Crippen molar-refractivity contribution >= 4 is 22.6 Å². The lowest BCUT2D eigenvalue weighted by Crippen LogP contribution is -2.00. The predicted molar refractivity (Wildman–Crippen MR) is 123 cm³/mol. The molecule has 0 spiro atoms. The summed E-state index contributed by atoms with van der Waals surface area (Å²) in [4.78, 5) is 12.7. The van der Waals surface area contributed by atoms with Crippen molar-refractivity contribution in [3.63, 3.8) is 0 Å². The number of fused-ring (bicyclic) bond motifs is 1. The van der Waals surface area contributed by atoms with Gasteiger partial charge in [0.1, 0.15) is 18.1 Å². The van der Waals surface area contributed by atoms with Crippen LogP contribution in [0.3, 0.4) is 0 Å². The summed E-state index contributed by atoms with van der Waals surface area (Å²) in [6.45, 7) is 0.102. The van der Waals surface area contributed by atoms with Crippen LogP contribution in [-0.4, -0.2) is 18.0 Å². The summed E-state index contributed by atoms with van der Waals surface area (Å²) in [5.41, 5.74) is 1.68. The highest BCUT2D eigenvalue weighted by molar-refractivity contribution is 6.11. The van der Waals surface area contributed by atoms with E-state index in [1.54, 1.807) is 55.7 Å². The number of aromatic hydroxyl groups is 1. The highest BCUT2D eigenvalue weighted by Gasteiger charge is 2.12. The fourth-order valence-electron chi connectivity index (χ4n) is 3.45. The summed E-state index contributed by atoms with van der Waals surface area (Å²) < 4.78 is 24.8. The van der Waals surface area contributed by atoms with E-state index < -0.39 is 5.82 Å². The normalized spacial score (nSPS) is 11.1. The van der Waals surface area contributed by atoms with Gasteiger partial charge in [-0.2, -0.15) is 0 Å². The summed E-state index contributed by atoms with van der Waals surface area (Å²) in [5, 5.41) is 12.0. The third kappa shape index (κ3) is 4.47. The first-order chi connectivity index (χ1) is 15.6. The molecule has 0 atom stereocenters.